The van der Waals surface area contributed by atoms with E-state index in [0.29, 0.717) is 24.2 Å². The van der Waals surface area contributed by atoms with Gasteiger partial charge in [-0.3, -0.25) is 9.10 Å². The average molecular weight is 465 g/mol. The largest absolute Gasteiger partial charge is 0.494 e. The number of hydrogen-bond acceptors (Lipinski definition) is 6. The summed E-state index contributed by atoms with van der Waals surface area (Å²) in [4.78, 5) is 12.2. The molecule has 1 aliphatic heterocycles. The van der Waals surface area contributed by atoms with Gasteiger partial charge in [0, 0.05) is 12.6 Å². The Kier molecular flexibility index (Phi) is 6.80. The van der Waals surface area contributed by atoms with Gasteiger partial charge >= 0.3 is 5.97 Å². The second-order valence-electron chi connectivity index (χ2n) is 8.86. The lowest BCUT2D eigenvalue weighted by Gasteiger charge is -2.35. The third-order valence-corrected chi connectivity index (χ3v) is 6.94. The molecule has 0 amide bonds. The molecule has 1 heterocycles. The van der Waals surface area contributed by atoms with Crippen molar-refractivity contribution in [1.29, 1.82) is 0 Å². The zero-order valence-corrected chi connectivity index (χ0v) is 19.5. The van der Waals surface area contributed by atoms with Gasteiger partial charge in [-0.05, 0) is 69.0 Å². The van der Waals surface area contributed by atoms with E-state index in [4.69, 9.17) is 15.2 Å². The number of halogens is 1. The summed E-state index contributed by atoms with van der Waals surface area (Å²) in [6, 6.07) is 8.77. The minimum Gasteiger partial charge on any atom is -0.494 e. The molecule has 1 atom stereocenters. The van der Waals surface area contributed by atoms with Crippen LogP contribution in [0.25, 0.3) is 0 Å². The van der Waals surface area contributed by atoms with Gasteiger partial charge in [0.15, 0.2) is 11.6 Å². The molecule has 3 rings (SSSR count). The Labute approximate surface area is 188 Å². The minimum absolute atomic E-state index is 0.0170. The molecule has 1 aliphatic rings. The van der Waals surface area contributed by atoms with Crippen molar-refractivity contribution < 1.29 is 27.1 Å². The van der Waals surface area contributed by atoms with Gasteiger partial charge < -0.3 is 15.2 Å². The maximum Gasteiger partial charge on any atom is 0.310 e. The second-order valence-corrected chi connectivity index (χ2v) is 10.7. The van der Waals surface area contributed by atoms with Crippen LogP contribution in [-0.2, 0) is 32.4 Å². The molecule has 2 aromatic rings. The third kappa shape index (κ3) is 5.21. The predicted molar refractivity (Wildman–Crippen MR) is 120 cm³/mol. The molecule has 7 nitrogen and oxygen atoms in total. The highest BCUT2D eigenvalue weighted by Crippen LogP contribution is 2.36. The van der Waals surface area contributed by atoms with Gasteiger partial charge in [0.2, 0.25) is 0 Å². The number of rotatable bonds is 6. The number of carbonyl (C=O) groups is 1. The van der Waals surface area contributed by atoms with Gasteiger partial charge in [0.05, 0.1) is 24.1 Å². The summed E-state index contributed by atoms with van der Waals surface area (Å²) in [5.41, 5.74) is 7.20. The van der Waals surface area contributed by atoms with Crippen LogP contribution in [0.1, 0.15) is 31.9 Å². The lowest BCUT2D eigenvalue weighted by Crippen LogP contribution is -2.42. The number of carbonyl (C=O) groups excluding carboxylic acids is 1. The number of nitrogens with zero attached hydrogens (tertiary/aromatic N) is 1. The number of fused-ring (bicyclic) bond motifs is 1. The fourth-order valence-electron chi connectivity index (χ4n) is 3.69. The summed E-state index contributed by atoms with van der Waals surface area (Å²) in [5.74, 6) is -1.27. The van der Waals surface area contributed by atoms with Crippen molar-refractivity contribution in [1.82, 2.24) is 0 Å². The molecule has 0 unspecified atom stereocenters. The standard InChI is InChI=1S/C23H29FN2O5S/c1-23(2,3)31-22(27)11-15-5-6-17-9-16(13-25)14-26(20(17)10-15)32(28,29)18-7-8-19(24)21(12-18)30-4/h5-8,10,12,16H,9,11,13-14,25H2,1-4H3/t16-/m0/s1. The number of benzene rings is 2. The zero-order valence-electron chi connectivity index (χ0n) is 18.7. The number of nitrogens with two attached hydrogens (primary N) is 1. The average Bonchev–Trinajstić information content (AvgIpc) is 2.71. The summed E-state index contributed by atoms with van der Waals surface area (Å²) < 4.78 is 52.5. The Morgan fingerprint density at radius 2 is 1.94 bits per heavy atom. The van der Waals surface area contributed by atoms with E-state index in [1.54, 1.807) is 32.9 Å². The smallest absolute Gasteiger partial charge is 0.310 e. The first-order valence-corrected chi connectivity index (χ1v) is 11.8. The SMILES string of the molecule is COc1cc(S(=O)(=O)N2C[C@H](CN)Cc3ccc(CC(=O)OC(C)(C)C)cc32)ccc1F. The van der Waals surface area contributed by atoms with Crippen molar-refractivity contribution in [3.63, 3.8) is 0 Å². The highest BCUT2D eigenvalue weighted by molar-refractivity contribution is 7.92. The molecule has 0 aromatic heterocycles. The second kappa shape index (κ2) is 9.07. The van der Waals surface area contributed by atoms with Crippen LogP contribution in [0.2, 0.25) is 0 Å². The Hall–Kier alpha value is -2.65. The Balaban J connectivity index is 2.01. The summed E-state index contributed by atoms with van der Waals surface area (Å²) in [6.07, 6.45) is 0.639. The normalized spacial score (nSPS) is 16.4. The van der Waals surface area contributed by atoms with E-state index >= 15 is 0 Å². The van der Waals surface area contributed by atoms with E-state index in [-0.39, 0.29) is 29.5 Å². The number of anilines is 1. The molecule has 0 saturated heterocycles. The fourth-order valence-corrected chi connectivity index (χ4v) is 5.28. The molecule has 9 heteroatoms. The van der Waals surface area contributed by atoms with Crippen LogP contribution in [0.5, 0.6) is 5.75 Å². The van der Waals surface area contributed by atoms with E-state index in [9.17, 15) is 17.6 Å². The molecular weight excluding hydrogens is 435 g/mol. The Morgan fingerprint density at radius 3 is 2.56 bits per heavy atom. The van der Waals surface area contributed by atoms with E-state index in [1.807, 2.05) is 6.07 Å². The summed E-state index contributed by atoms with van der Waals surface area (Å²) in [6.45, 7) is 5.86. The molecular formula is C23H29FN2O5S. The molecule has 0 radical (unpaired) electrons. The summed E-state index contributed by atoms with van der Waals surface area (Å²) >= 11 is 0. The highest BCUT2D eigenvalue weighted by Gasteiger charge is 2.34. The Bertz CT molecular complexity index is 1110. The first kappa shape index (κ1) is 24.0. The van der Waals surface area contributed by atoms with Crippen LogP contribution in [0.3, 0.4) is 0 Å². The van der Waals surface area contributed by atoms with Crippen molar-refractivity contribution in [2.75, 3.05) is 24.5 Å². The third-order valence-electron chi connectivity index (χ3n) is 5.16. The van der Waals surface area contributed by atoms with E-state index in [2.05, 4.69) is 0 Å². The first-order valence-electron chi connectivity index (χ1n) is 10.3. The van der Waals surface area contributed by atoms with Gasteiger partial charge in [-0.15, -0.1) is 0 Å². The van der Waals surface area contributed by atoms with E-state index in [1.165, 1.54) is 23.5 Å². The van der Waals surface area contributed by atoms with Crippen LogP contribution in [0, 0.1) is 11.7 Å². The molecule has 0 aliphatic carbocycles. The number of esters is 1. The molecule has 2 N–H and O–H groups in total. The predicted octanol–water partition coefficient (Wildman–Crippen LogP) is 3.04. The van der Waals surface area contributed by atoms with Crippen molar-refractivity contribution >= 4 is 21.7 Å². The number of sulfonamides is 1. The van der Waals surface area contributed by atoms with Gasteiger partial charge in [-0.2, -0.15) is 0 Å². The minimum atomic E-state index is -4.03. The number of methoxy groups -OCH3 is 1. The monoisotopic (exact) mass is 464 g/mol. The summed E-state index contributed by atoms with van der Waals surface area (Å²) in [7, 11) is -2.75. The molecule has 174 valence electrons. The van der Waals surface area contributed by atoms with Crippen LogP contribution in [-0.4, -0.2) is 40.2 Å². The van der Waals surface area contributed by atoms with Crippen molar-refractivity contribution in [2.45, 2.75) is 44.1 Å². The molecule has 0 saturated carbocycles. The lowest BCUT2D eigenvalue weighted by molar-refractivity contribution is -0.153. The van der Waals surface area contributed by atoms with E-state index in [0.717, 1.165) is 11.6 Å². The molecule has 32 heavy (non-hydrogen) atoms. The highest BCUT2D eigenvalue weighted by atomic mass is 32.2. The number of ether oxygens (including phenoxy) is 2. The molecule has 0 bridgehead atoms. The summed E-state index contributed by atoms with van der Waals surface area (Å²) in [5, 5.41) is 0. The maximum atomic E-state index is 13.9. The molecule has 0 fully saturated rings. The first-order chi connectivity index (χ1) is 14.9. The maximum absolute atomic E-state index is 13.9. The topological polar surface area (TPSA) is 98.9 Å². The van der Waals surface area contributed by atoms with Crippen LogP contribution >= 0.6 is 0 Å². The van der Waals surface area contributed by atoms with Crippen LogP contribution < -0.4 is 14.8 Å². The van der Waals surface area contributed by atoms with Gasteiger partial charge in [-0.1, -0.05) is 12.1 Å². The van der Waals surface area contributed by atoms with Gasteiger partial charge in [-0.25, -0.2) is 12.8 Å². The molecule has 2 aromatic carbocycles. The zero-order chi connectivity index (χ0) is 23.7. The quantitative estimate of drug-likeness (QED) is 0.660. The van der Waals surface area contributed by atoms with E-state index < -0.39 is 27.4 Å². The van der Waals surface area contributed by atoms with Crippen molar-refractivity contribution in [3.8, 4) is 5.75 Å². The fraction of sp³-hybridized carbons (Fsp3) is 0.435. The van der Waals surface area contributed by atoms with Crippen molar-refractivity contribution in [2.24, 2.45) is 11.7 Å². The lowest BCUT2D eigenvalue weighted by atomic mass is 9.92. The van der Waals surface area contributed by atoms with Crippen LogP contribution in [0.15, 0.2) is 41.3 Å². The molecule has 0 spiro atoms. The van der Waals surface area contributed by atoms with Gasteiger partial charge in [0.25, 0.3) is 10.0 Å². The van der Waals surface area contributed by atoms with Crippen LogP contribution in [0.4, 0.5) is 10.1 Å². The Morgan fingerprint density at radius 1 is 1.22 bits per heavy atom. The number of hydrogen-bond donors (Lipinski definition) is 1. The van der Waals surface area contributed by atoms with Crippen molar-refractivity contribution in [3.05, 3.63) is 53.3 Å². The van der Waals surface area contributed by atoms with Gasteiger partial charge in [0.1, 0.15) is 5.60 Å².